The van der Waals surface area contributed by atoms with Gasteiger partial charge in [-0.25, -0.2) is 4.39 Å². The van der Waals surface area contributed by atoms with Gasteiger partial charge in [0.15, 0.2) is 0 Å². The first kappa shape index (κ1) is 25.6. The zero-order chi connectivity index (χ0) is 26.6. The zero-order valence-electron chi connectivity index (χ0n) is 21.7. The molecule has 1 aliphatic rings. The number of carbonyl (C=O) groups excluding carboxylic acids is 2. The van der Waals surface area contributed by atoms with Gasteiger partial charge in [0.1, 0.15) is 12.2 Å². The molecular formula is C32H32FN3O2. The lowest BCUT2D eigenvalue weighted by Crippen LogP contribution is -2.47. The lowest BCUT2D eigenvalue weighted by Gasteiger charge is -2.27. The molecule has 0 bridgehead atoms. The summed E-state index contributed by atoms with van der Waals surface area (Å²) in [5.41, 5.74) is 4.73. The minimum Gasteiger partial charge on any atom is -0.343 e. The molecule has 3 unspecified atom stereocenters. The Hall–Kier alpha value is -4.06. The van der Waals surface area contributed by atoms with Gasteiger partial charge in [-0.05, 0) is 46.4 Å². The van der Waals surface area contributed by atoms with Gasteiger partial charge in [0, 0.05) is 18.0 Å². The van der Waals surface area contributed by atoms with Gasteiger partial charge in [-0.2, -0.15) is 0 Å². The number of pyridine rings is 1. The van der Waals surface area contributed by atoms with Gasteiger partial charge < -0.3 is 10.2 Å². The van der Waals surface area contributed by atoms with E-state index in [0.717, 1.165) is 27.6 Å². The van der Waals surface area contributed by atoms with Crippen LogP contribution in [0.2, 0.25) is 0 Å². The summed E-state index contributed by atoms with van der Waals surface area (Å²) in [6, 6.07) is 26.1. The first-order chi connectivity index (χ1) is 18.4. The fourth-order valence-electron chi connectivity index (χ4n) is 5.14. The van der Waals surface area contributed by atoms with Crippen LogP contribution in [0.5, 0.6) is 0 Å². The smallest absolute Gasteiger partial charge is 0.243 e. The van der Waals surface area contributed by atoms with Gasteiger partial charge in [-0.15, -0.1) is 0 Å². The third kappa shape index (κ3) is 5.59. The van der Waals surface area contributed by atoms with Crippen LogP contribution in [-0.2, 0) is 16.0 Å². The molecule has 6 heteroatoms. The van der Waals surface area contributed by atoms with Crippen molar-refractivity contribution in [1.82, 2.24) is 15.2 Å². The summed E-state index contributed by atoms with van der Waals surface area (Å²) in [7, 11) is 0. The Labute approximate surface area is 222 Å². The minimum atomic E-state index is -1.24. The molecule has 3 atom stereocenters. The predicted octanol–water partition coefficient (Wildman–Crippen LogP) is 5.75. The molecule has 0 spiro atoms. The van der Waals surface area contributed by atoms with Crippen LogP contribution in [0.15, 0.2) is 91.1 Å². The number of hydrogen-bond acceptors (Lipinski definition) is 3. The lowest BCUT2D eigenvalue weighted by atomic mass is 9.95. The van der Waals surface area contributed by atoms with Crippen LogP contribution in [-0.4, -0.2) is 40.5 Å². The summed E-state index contributed by atoms with van der Waals surface area (Å²) in [5.74, 6) is -0.207. The van der Waals surface area contributed by atoms with E-state index >= 15 is 0 Å². The fourth-order valence-corrected chi connectivity index (χ4v) is 5.14. The van der Waals surface area contributed by atoms with Gasteiger partial charge in [0.2, 0.25) is 11.8 Å². The summed E-state index contributed by atoms with van der Waals surface area (Å²) in [6.45, 7) is 4.20. The Morgan fingerprint density at radius 1 is 0.947 bits per heavy atom. The van der Waals surface area contributed by atoms with Crippen molar-refractivity contribution < 1.29 is 14.0 Å². The SMILES string of the molecule is CC(C)c1ccc(C(NC(=O)C2CC(F)CN2C(=O)Cc2ccc3ncccc3c2)c2ccccc2)cc1. The second-order valence-corrected chi connectivity index (χ2v) is 10.3. The number of hydrogen-bond donors (Lipinski definition) is 1. The van der Waals surface area contributed by atoms with Gasteiger partial charge in [-0.3, -0.25) is 14.6 Å². The summed E-state index contributed by atoms with van der Waals surface area (Å²) in [4.78, 5) is 32.6. The second-order valence-electron chi connectivity index (χ2n) is 10.3. The largest absolute Gasteiger partial charge is 0.343 e. The first-order valence-corrected chi connectivity index (χ1v) is 13.1. The highest BCUT2D eigenvalue weighted by atomic mass is 19.1. The van der Waals surface area contributed by atoms with Crippen molar-refractivity contribution in [2.75, 3.05) is 6.54 Å². The third-order valence-electron chi connectivity index (χ3n) is 7.25. The molecule has 5 rings (SSSR count). The highest BCUT2D eigenvalue weighted by Gasteiger charge is 2.40. The predicted molar refractivity (Wildman–Crippen MR) is 147 cm³/mol. The average molecular weight is 510 g/mol. The normalized spacial score (nSPS) is 18.1. The number of fused-ring (bicyclic) bond motifs is 1. The van der Waals surface area contributed by atoms with E-state index in [0.29, 0.717) is 5.92 Å². The van der Waals surface area contributed by atoms with Crippen molar-refractivity contribution in [2.45, 2.75) is 50.9 Å². The molecule has 3 aromatic carbocycles. The molecule has 1 aromatic heterocycles. The van der Waals surface area contributed by atoms with Crippen LogP contribution in [0.1, 0.15) is 54.5 Å². The number of aromatic nitrogens is 1. The maximum atomic E-state index is 14.6. The molecule has 194 valence electrons. The van der Waals surface area contributed by atoms with Gasteiger partial charge in [0.25, 0.3) is 0 Å². The summed E-state index contributed by atoms with van der Waals surface area (Å²) in [6.07, 6.45) is 0.576. The number of halogens is 1. The number of carbonyl (C=O) groups is 2. The Kier molecular flexibility index (Phi) is 7.50. The molecular weight excluding hydrogens is 477 g/mol. The quantitative estimate of drug-likeness (QED) is 0.345. The van der Waals surface area contributed by atoms with Crippen molar-refractivity contribution in [2.24, 2.45) is 0 Å². The van der Waals surface area contributed by atoms with Crippen molar-refractivity contribution in [3.8, 4) is 0 Å². The van der Waals surface area contributed by atoms with E-state index in [1.165, 1.54) is 10.5 Å². The van der Waals surface area contributed by atoms with Crippen molar-refractivity contribution in [3.05, 3.63) is 113 Å². The molecule has 1 aliphatic heterocycles. The van der Waals surface area contributed by atoms with E-state index in [4.69, 9.17) is 0 Å². The maximum absolute atomic E-state index is 14.6. The summed E-state index contributed by atoms with van der Waals surface area (Å²) >= 11 is 0. The van der Waals surface area contributed by atoms with Crippen molar-refractivity contribution in [3.63, 3.8) is 0 Å². The number of rotatable bonds is 7. The lowest BCUT2D eigenvalue weighted by molar-refractivity contribution is -0.138. The third-order valence-corrected chi connectivity index (χ3v) is 7.25. The molecule has 0 aliphatic carbocycles. The number of nitrogens with zero attached hydrogens (tertiary/aromatic N) is 2. The van der Waals surface area contributed by atoms with Gasteiger partial charge in [0.05, 0.1) is 24.5 Å². The van der Waals surface area contributed by atoms with Crippen LogP contribution in [0, 0.1) is 0 Å². The van der Waals surface area contributed by atoms with Crippen LogP contribution < -0.4 is 5.32 Å². The van der Waals surface area contributed by atoms with Gasteiger partial charge >= 0.3 is 0 Å². The molecule has 38 heavy (non-hydrogen) atoms. The second kappa shape index (κ2) is 11.1. The molecule has 1 saturated heterocycles. The number of amides is 2. The Bertz CT molecular complexity index is 1420. The highest BCUT2D eigenvalue weighted by Crippen LogP contribution is 2.27. The van der Waals surface area contributed by atoms with E-state index in [-0.39, 0.29) is 31.2 Å². The molecule has 1 N–H and O–H groups in total. The van der Waals surface area contributed by atoms with E-state index in [1.54, 1.807) is 6.20 Å². The Morgan fingerprint density at radius 2 is 1.66 bits per heavy atom. The average Bonchev–Trinajstić information content (AvgIpc) is 3.34. The fraction of sp³-hybridized carbons (Fsp3) is 0.281. The molecule has 2 heterocycles. The minimum absolute atomic E-state index is 0.00693. The van der Waals surface area contributed by atoms with E-state index in [1.807, 2.05) is 72.8 Å². The van der Waals surface area contributed by atoms with Crippen LogP contribution >= 0.6 is 0 Å². The number of likely N-dealkylation sites (tertiary alicyclic amines) is 1. The molecule has 2 amide bonds. The van der Waals surface area contributed by atoms with Crippen molar-refractivity contribution >= 4 is 22.7 Å². The molecule has 5 nitrogen and oxygen atoms in total. The molecule has 1 fully saturated rings. The van der Waals surface area contributed by atoms with E-state index in [9.17, 15) is 14.0 Å². The Morgan fingerprint density at radius 3 is 2.39 bits per heavy atom. The Balaban J connectivity index is 1.36. The highest BCUT2D eigenvalue weighted by molar-refractivity contribution is 5.90. The molecule has 0 radical (unpaired) electrons. The summed E-state index contributed by atoms with van der Waals surface area (Å²) in [5, 5.41) is 4.06. The standard InChI is InChI=1S/C32H32FN3O2/c1-21(2)23-11-13-25(14-12-23)31(24-7-4-3-5-8-24)35-32(38)29-19-27(33)20-36(29)30(37)18-22-10-15-28-26(17-22)9-6-16-34-28/h3-17,21,27,29,31H,18-20H2,1-2H3,(H,35,38). The number of nitrogens with one attached hydrogen (secondary N) is 1. The van der Waals surface area contributed by atoms with Gasteiger partial charge in [-0.1, -0.05) is 80.6 Å². The van der Waals surface area contributed by atoms with Crippen LogP contribution in [0.4, 0.5) is 4.39 Å². The monoisotopic (exact) mass is 509 g/mol. The molecule has 4 aromatic rings. The zero-order valence-corrected chi connectivity index (χ0v) is 21.7. The summed E-state index contributed by atoms with van der Waals surface area (Å²) < 4.78 is 14.6. The topological polar surface area (TPSA) is 62.3 Å². The number of alkyl halides is 1. The number of benzene rings is 3. The maximum Gasteiger partial charge on any atom is 0.243 e. The molecule has 0 saturated carbocycles. The van der Waals surface area contributed by atoms with Crippen molar-refractivity contribution in [1.29, 1.82) is 0 Å². The van der Waals surface area contributed by atoms with Crippen LogP contribution in [0.25, 0.3) is 10.9 Å². The van der Waals surface area contributed by atoms with E-state index < -0.39 is 18.3 Å². The van der Waals surface area contributed by atoms with E-state index in [2.05, 4.69) is 36.3 Å². The first-order valence-electron chi connectivity index (χ1n) is 13.1. The van der Waals surface area contributed by atoms with Crippen LogP contribution in [0.3, 0.4) is 0 Å².